The lowest BCUT2D eigenvalue weighted by Crippen LogP contribution is -2.36. The molecule has 1 unspecified atom stereocenters. The van der Waals surface area contributed by atoms with Crippen LogP contribution in [0.3, 0.4) is 0 Å². The first-order valence-corrected chi connectivity index (χ1v) is 3.83. The van der Waals surface area contributed by atoms with Crippen molar-refractivity contribution in [3.8, 4) is 0 Å². The number of hydrogen-bond acceptors (Lipinski definition) is 4. The summed E-state index contributed by atoms with van der Waals surface area (Å²) >= 11 is 4.76. The summed E-state index contributed by atoms with van der Waals surface area (Å²) in [6.07, 6.45) is -0.554. The van der Waals surface area contributed by atoms with Gasteiger partial charge in [0.25, 0.3) is 0 Å². The highest BCUT2D eigenvalue weighted by Crippen LogP contribution is 1.93. The fourth-order valence-corrected chi connectivity index (χ4v) is 0.769. The average molecular weight is 189 g/mol. The first-order valence-electron chi connectivity index (χ1n) is 3.42. The second-order valence-electron chi connectivity index (χ2n) is 2.30. The maximum Gasteiger partial charge on any atom is 0.303 e. The molecule has 0 rings (SSSR count). The van der Waals surface area contributed by atoms with Crippen LogP contribution >= 0.6 is 12.2 Å². The summed E-state index contributed by atoms with van der Waals surface area (Å²) < 4.78 is 4.72. The van der Waals surface area contributed by atoms with Gasteiger partial charge >= 0.3 is 5.97 Å². The third-order valence-electron chi connectivity index (χ3n) is 1.01. The number of thiocarbonyl (C=S) groups is 1. The van der Waals surface area contributed by atoms with Crippen LogP contribution in [-0.4, -0.2) is 23.0 Å². The summed E-state index contributed by atoms with van der Waals surface area (Å²) in [6.45, 7) is 4.22. The molecule has 0 bridgehead atoms. The topological polar surface area (TPSA) is 55.4 Å². The third-order valence-corrected chi connectivity index (χ3v) is 1.45. The third kappa shape index (κ3) is 4.79. The van der Waals surface area contributed by atoms with E-state index < -0.39 is 12.1 Å². The molecule has 1 amide bonds. The van der Waals surface area contributed by atoms with E-state index in [0.29, 0.717) is 0 Å². The van der Waals surface area contributed by atoms with Crippen LogP contribution < -0.4 is 5.32 Å². The first kappa shape index (κ1) is 11.0. The Morgan fingerprint density at radius 3 is 2.25 bits per heavy atom. The number of hydrogen-bond donors (Lipinski definition) is 1. The monoisotopic (exact) mass is 189 g/mol. The molecule has 5 heteroatoms. The molecule has 0 heterocycles. The number of carbonyl (C=O) groups is 2. The van der Waals surface area contributed by atoms with Gasteiger partial charge in [-0.3, -0.25) is 9.59 Å². The highest BCUT2D eigenvalue weighted by Gasteiger charge is 2.11. The van der Waals surface area contributed by atoms with Gasteiger partial charge in [0.15, 0.2) is 0 Å². The summed E-state index contributed by atoms with van der Waals surface area (Å²) in [4.78, 5) is 21.2. The lowest BCUT2D eigenvalue weighted by Gasteiger charge is -2.12. The Balaban J connectivity index is 3.93. The predicted octanol–water partition coefficient (Wildman–Crippen LogP) is 0.402. The molecule has 0 saturated heterocycles. The van der Waals surface area contributed by atoms with E-state index in [1.807, 2.05) is 0 Å². The van der Waals surface area contributed by atoms with Crippen molar-refractivity contribution in [1.82, 2.24) is 5.32 Å². The van der Waals surface area contributed by atoms with Crippen molar-refractivity contribution in [3.63, 3.8) is 0 Å². The fourth-order valence-electron chi connectivity index (χ4n) is 0.578. The molecule has 12 heavy (non-hydrogen) atoms. The standard InChI is InChI=1S/C7H11NO3S/c1-4(11-6(3)10)7(12)8-5(2)9/h4H,1-3H3,(H,8,9,12). The first-order chi connectivity index (χ1) is 5.43. The van der Waals surface area contributed by atoms with Gasteiger partial charge in [-0.25, -0.2) is 0 Å². The van der Waals surface area contributed by atoms with Gasteiger partial charge in [-0.2, -0.15) is 0 Å². The minimum Gasteiger partial charge on any atom is -0.455 e. The second kappa shape index (κ2) is 4.82. The van der Waals surface area contributed by atoms with Crippen molar-refractivity contribution in [3.05, 3.63) is 0 Å². The maximum absolute atomic E-state index is 10.5. The van der Waals surface area contributed by atoms with E-state index in [2.05, 4.69) is 5.32 Å². The zero-order chi connectivity index (χ0) is 9.72. The molecule has 4 nitrogen and oxygen atoms in total. The zero-order valence-electron chi connectivity index (χ0n) is 7.21. The van der Waals surface area contributed by atoms with Gasteiger partial charge in [0.2, 0.25) is 5.91 Å². The Morgan fingerprint density at radius 2 is 1.92 bits per heavy atom. The van der Waals surface area contributed by atoms with Gasteiger partial charge in [0.05, 0.1) is 0 Å². The molecule has 0 aromatic heterocycles. The minimum atomic E-state index is -0.554. The lowest BCUT2D eigenvalue weighted by atomic mass is 10.4. The van der Waals surface area contributed by atoms with Crippen LogP contribution in [0, 0.1) is 0 Å². The molecule has 0 aliphatic heterocycles. The molecule has 0 aromatic carbocycles. The van der Waals surface area contributed by atoms with Crippen LogP contribution in [0.5, 0.6) is 0 Å². The fraction of sp³-hybridized carbons (Fsp3) is 0.571. The number of esters is 1. The normalized spacial score (nSPS) is 11.6. The summed E-state index contributed by atoms with van der Waals surface area (Å²) in [5.74, 6) is -0.686. The summed E-state index contributed by atoms with van der Waals surface area (Å²) in [7, 11) is 0. The molecule has 0 fully saturated rings. The van der Waals surface area contributed by atoms with Gasteiger partial charge in [-0.05, 0) is 6.92 Å². The SMILES string of the molecule is CC(=O)NC(=S)C(C)OC(C)=O. The van der Waals surface area contributed by atoms with Crippen LogP contribution in [0.15, 0.2) is 0 Å². The van der Waals surface area contributed by atoms with E-state index in [9.17, 15) is 9.59 Å². The summed E-state index contributed by atoms with van der Waals surface area (Å²) in [5.41, 5.74) is 0. The van der Waals surface area contributed by atoms with Gasteiger partial charge < -0.3 is 10.1 Å². The van der Waals surface area contributed by atoms with E-state index in [4.69, 9.17) is 17.0 Å². The molecule has 1 N–H and O–H groups in total. The molecule has 0 aliphatic carbocycles. The van der Waals surface area contributed by atoms with E-state index in [1.54, 1.807) is 6.92 Å². The molecule has 0 radical (unpaired) electrons. The van der Waals surface area contributed by atoms with E-state index in [-0.39, 0.29) is 10.9 Å². The van der Waals surface area contributed by atoms with Crippen LogP contribution in [0.25, 0.3) is 0 Å². The number of nitrogens with one attached hydrogen (secondary N) is 1. The van der Waals surface area contributed by atoms with Gasteiger partial charge in [0, 0.05) is 13.8 Å². The summed E-state index contributed by atoms with van der Waals surface area (Å²) in [6, 6.07) is 0. The Kier molecular flexibility index (Phi) is 4.43. The molecule has 0 aliphatic rings. The molecular formula is C7H11NO3S. The largest absolute Gasteiger partial charge is 0.455 e. The van der Waals surface area contributed by atoms with Crippen molar-refractivity contribution < 1.29 is 14.3 Å². The van der Waals surface area contributed by atoms with Crippen LogP contribution in [0.1, 0.15) is 20.8 Å². The quantitative estimate of drug-likeness (QED) is 0.504. The van der Waals surface area contributed by atoms with Crippen LogP contribution in [0.4, 0.5) is 0 Å². The summed E-state index contributed by atoms with van der Waals surface area (Å²) in [5, 5.41) is 2.36. The molecule has 0 spiro atoms. The Hall–Kier alpha value is -0.970. The van der Waals surface area contributed by atoms with Crippen LogP contribution in [0.2, 0.25) is 0 Å². The van der Waals surface area contributed by atoms with Crippen molar-refractivity contribution in [2.24, 2.45) is 0 Å². The van der Waals surface area contributed by atoms with Crippen molar-refractivity contribution in [2.45, 2.75) is 26.9 Å². The number of ether oxygens (including phenoxy) is 1. The number of rotatable bonds is 2. The predicted molar refractivity (Wildman–Crippen MR) is 47.6 cm³/mol. The van der Waals surface area contributed by atoms with E-state index >= 15 is 0 Å². The average Bonchev–Trinajstić information content (AvgIpc) is 1.84. The molecule has 1 atom stereocenters. The van der Waals surface area contributed by atoms with Gasteiger partial charge in [-0.15, -0.1) is 0 Å². The zero-order valence-corrected chi connectivity index (χ0v) is 8.03. The molecule has 68 valence electrons. The van der Waals surface area contributed by atoms with Gasteiger partial charge in [0.1, 0.15) is 11.1 Å². The molecular weight excluding hydrogens is 178 g/mol. The molecule has 0 saturated carbocycles. The maximum atomic E-state index is 10.5. The van der Waals surface area contributed by atoms with Crippen molar-refractivity contribution in [2.75, 3.05) is 0 Å². The highest BCUT2D eigenvalue weighted by molar-refractivity contribution is 7.80. The van der Waals surface area contributed by atoms with E-state index in [0.717, 1.165) is 0 Å². The second-order valence-corrected chi connectivity index (χ2v) is 2.74. The Labute approximate surface area is 76.3 Å². The van der Waals surface area contributed by atoms with Crippen molar-refractivity contribution >= 4 is 29.1 Å². The smallest absolute Gasteiger partial charge is 0.303 e. The Morgan fingerprint density at radius 1 is 1.42 bits per heavy atom. The number of carbonyl (C=O) groups excluding carboxylic acids is 2. The van der Waals surface area contributed by atoms with Crippen LogP contribution in [-0.2, 0) is 14.3 Å². The number of amides is 1. The Bertz CT molecular complexity index is 215. The van der Waals surface area contributed by atoms with Gasteiger partial charge in [-0.1, -0.05) is 12.2 Å². The highest BCUT2D eigenvalue weighted by atomic mass is 32.1. The van der Waals surface area contributed by atoms with Crippen molar-refractivity contribution in [1.29, 1.82) is 0 Å². The molecule has 0 aromatic rings. The van der Waals surface area contributed by atoms with E-state index in [1.165, 1.54) is 13.8 Å². The minimum absolute atomic E-state index is 0.220. The lowest BCUT2D eigenvalue weighted by molar-refractivity contribution is -0.142.